The van der Waals surface area contributed by atoms with Crippen LogP contribution in [-0.4, -0.2) is 30.7 Å². The first-order valence-corrected chi connectivity index (χ1v) is 7.85. The maximum Gasteiger partial charge on any atom is 0.146 e. The van der Waals surface area contributed by atoms with Gasteiger partial charge in [-0.25, -0.2) is 0 Å². The summed E-state index contributed by atoms with van der Waals surface area (Å²) in [5.41, 5.74) is 0.0751. The fraction of sp³-hybridized carbons (Fsp3) is 0.778. The summed E-state index contributed by atoms with van der Waals surface area (Å²) in [5, 5.41) is 11.4. The third kappa shape index (κ3) is 2.30. The average molecular weight is 294 g/mol. The summed E-state index contributed by atoms with van der Waals surface area (Å²) in [6, 6.07) is 0. The fourth-order valence-corrected chi connectivity index (χ4v) is 4.80. The number of hydrogen-bond donors (Lipinski definition) is 1. The van der Waals surface area contributed by atoms with Crippen molar-refractivity contribution in [2.45, 2.75) is 58.7 Å². The molecule has 120 valence electrons. The highest BCUT2D eigenvalue weighted by Crippen LogP contribution is 2.65. The Morgan fingerprint density at radius 3 is 2.67 bits per heavy atom. The second-order valence-electron chi connectivity index (χ2n) is 7.53. The Labute approximate surface area is 129 Å². The standard InChI is InChI=1S/C18H30O3/c1-7-10-18(19)13(2)8-9-14-16(3,4)15(21-12-20-6)11-17(14,18)5/h7-8,14-15,19H,1,9-12H2,2-6H3/t14-,15+,17-,18-/m0/s1. The largest absolute Gasteiger partial charge is 0.385 e. The van der Waals surface area contributed by atoms with Gasteiger partial charge in [-0.1, -0.05) is 32.9 Å². The molecular weight excluding hydrogens is 264 g/mol. The molecule has 21 heavy (non-hydrogen) atoms. The molecule has 0 bridgehead atoms. The Kier molecular flexibility index (Phi) is 4.40. The molecule has 4 atom stereocenters. The van der Waals surface area contributed by atoms with Crippen molar-refractivity contribution in [1.29, 1.82) is 0 Å². The number of ether oxygens (including phenoxy) is 2. The van der Waals surface area contributed by atoms with Gasteiger partial charge in [0.2, 0.25) is 0 Å². The van der Waals surface area contributed by atoms with Gasteiger partial charge in [0.15, 0.2) is 0 Å². The smallest absolute Gasteiger partial charge is 0.146 e. The van der Waals surface area contributed by atoms with Crippen LogP contribution in [0.5, 0.6) is 0 Å². The first kappa shape index (κ1) is 16.7. The van der Waals surface area contributed by atoms with Gasteiger partial charge in [-0.15, -0.1) is 6.58 Å². The van der Waals surface area contributed by atoms with Gasteiger partial charge >= 0.3 is 0 Å². The van der Waals surface area contributed by atoms with E-state index >= 15 is 0 Å². The van der Waals surface area contributed by atoms with Crippen molar-refractivity contribution < 1.29 is 14.6 Å². The number of methoxy groups -OCH3 is 1. The molecular formula is C18H30O3. The van der Waals surface area contributed by atoms with Crippen LogP contribution in [0.1, 0.15) is 47.0 Å². The highest BCUT2D eigenvalue weighted by atomic mass is 16.7. The first-order chi connectivity index (χ1) is 9.74. The van der Waals surface area contributed by atoms with Crippen LogP contribution in [0.3, 0.4) is 0 Å². The number of allylic oxidation sites excluding steroid dienone is 1. The van der Waals surface area contributed by atoms with Gasteiger partial charge in [0.05, 0.1) is 11.7 Å². The normalized spacial score (nSPS) is 41.5. The second-order valence-corrected chi connectivity index (χ2v) is 7.53. The maximum absolute atomic E-state index is 11.4. The lowest BCUT2D eigenvalue weighted by Gasteiger charge is -2.52. The van der Waals surface area contributed by atoms with E-state index in [0.29, 0.717) is 19.1 Å². The van der Waals surface area contributed by atoms with Crippen molar-refractivity contribution in [1.82, 2.24) is 0 Å². The predicted molar refractivity (Wildman–Crippen MR) is 84.9 cm³/mol. The Bertz CT molecular complexity index is 440. The van der Waals surface area contributed by atoms with Crippen molar-refractivity contribution in [3.05, 3.63) is 24.3 Å². The van der Waals surface area contributed by atoms with E-state index in [1.54, 1.807) is 7.11 Å². The molecule has 2 rings (SSSR count). The van der Waals surface area contributed by atoms with Gasteiger partial charge < -0.3 is 14.6 Å². The molecule has 0 aliphatic heterocycles. The Hall–Kier alpha value is -0.640. The number of aliphatic hydroxyl groups is 1. The molecule has 0 aromatic carbocycles. The van der Waals surface area contributed by atoms with E-state index in [9.17, 15) is 5.11 Å². The zero-order chi connectivity index (χ0) is 15.9. The molecule has 0 aromatic heterocycles. The molecule has 2 aliphatic rings. The molecule has 3 heteroatoms. The summed E-state index contributed by atoms with van der Waals surface area (Å²) >= 11 is 0. The molecule has 0 saturated heterocycles. The van der Waals surface area contributed by atoms with E-state index in [1.165, 1.54) is 0 Å². The maximum atomic E-state index is 11.4. The second kappa shape index (κ2) is 5.53. The van der Waals surface area contributed by atoms with E-state index in [4.69, 9.17) is 9.47 Å². The molecule has 0 radical (unpaired) electrons. The number of hydrogen-bond acceptors (Lipinski definition) is 3. The fourth-order valence-electron chi connectivity index (χ4n) is 4.80. The quantitative estimate of drug-likeness (QED) is 0.621. The van der Waals surface area contributed by atoms with E-state index in [1.807, 2.05) is 13.0 Å². The van der Waals surface area contributed by atoms with Gasteiger partial charge in [0, 0.05) is 12.5 Å². The Morgan fingerprint density at radius 1 is 1.43 bits per heavy atom. The summed E-state index contributed by atoms with van der Waals surface area (Å²) in [7, 11) is 1.65. The van der Waals surface area contributed by atoms with Crippen molar-refractivity contribution in [2.75, 3.05) is 13.9 Å². The minimum absolute atomic E-state index is 0.0135. The van der Waals surface area contributed by atoms with Crippen LogP contribution in [0.15, 0.2) is 24.3 Å². The van der Waals surface area contributed by atoms with Gasteiger partial charge in [-0.3, -0.25) is 0 Å². The van der Waals surface area contributed by atoms with Crippen molar-refractivity contribution in [2.24, 2.45) is 16.7 Å². The molecule has 1 fully saturated rings. The topological polar surface area (TPSA) is 38.7 Å². The highest BCUT2D eigenvalue weighted by molar-refractivity contribution is 5.30. The van der Waals surface area contributed by atoms with E-state index < -0.39 is 5.60 Å². The molecule has 0 amide bonds. The third-order valence-electron chi connectivity index (χ3n) is 6.19. The summed E-state index contributed by atoms with van der Waals surface area (Å²) in [6.45, 7) is 12.9. The molecule has 0 unspecified atom stereocenters. The van der Waals surface area contributed by atoms with Crippen LogP contribution in [0.25, 0.3) is 0 Å². The van der Waals surface area contributed by atoms with Gasteiger partial charge in [-0.2, -0.15) is 0 Å². The Morgan fingerprint density at radius 2 is 2.10 bits per heavy atom. The molecule has 1 saturated carbocycles. The van der Waals surface area contributed by atoms with Gasteiger partial charge in [0.25, 0.3) is 0 Å². The Balaban J connectivity index is 2.40. The van der Waals surface area contributed by atoms with Crippen LogP contribution in [0.4, 0.5) is 0 Å². The summed E-state index contributed by atoms with van der Waals surface area (Å²) in [6.07, 6.45) is 6.58. The average Bonchev–Trinajstić information content (AvgIpc) is 2.61. The highest BCUT2D eigenvalue weighted by Gasteiger charge is 2.64. The zero-order valence-corrected chi connectivity index (χ0v) is 14.1. The SMILES string of the molecule is C=CC[C@]1(O)C(C)=CC[C@H]2C(C)(C)[C@H](OCOC)C[C@@]21C. The van der Waals surface area contributed by atoms with E-state index in [0.717, 1.165) is 18.4 Å². The summed E-state index contributed by atoms with van der Waals surface area (Å²) in [5.74, 6) is 0.389. The predicted octanol–water partition coefficient (Wildman–Crippen LogP) is 3.69. The number of rotatable bonds is 5. The molecule has 0 heterocycles. The summed E-state index contributed by atoms with van der Waals surface area (Å²) in [4.78, 5) is 0. The van der Waals surface area contributed by atoms with Crippen LogP contribution in [0, 0.1) is 16.7 Å². The molecule has 0 spiro atoms. The third-order valence-corrected chi connectivity index (χ3v) is 6.19. The zero-order valence-electron chi connectivity index (χ0n) is 14.1. The van der Waals surface area contributed by atoms with Crippen molar-refractivity contribution in [3.63, 3.8) is 0 Å². The molecule has 3 nitrogen and oxygen atoms in total. The lowest BCUT2D eigenvalue weighted by molar-refractivity contribution is -0.106. The van der Waals surface area contributed by atoms with Gasteiger partial charge in [-0.05, 0) is 43.1 Å². The van der Waals surface area contributed by atoms with Crippen molar-refractivity contribution in [3.8, 4) is 0 Å². The lowest BCUT2D eigenvalue weighted by atomic mass is 9.56. The molecule has 2 aliphatic carbocycles. The monoisotopic (exact) mass is 294 g/mol. The summed E-state index contributed by atoms with van der Waals surface area (Å²) < 4.78 is 11.0. The van der Waals surface area contributed by atoms with Crippen LogP contribution in [-0.2, 0) is 9.47 Å². The molecule has 0 aromatic rings. The number of fused-ring (bicyclic) bond motifs is 1. The van der Waals surface area contributed by atoms with Crippen LogP contribution < -0.4 is 0 Å². The molecule has 1 N–H and O–H groups in total. The van der Waals surface area contributed by atoms with Crippen molar-refractivity contribution >= 4 is 0 Å². The van der Waals surface area contributed by atoms with E-state index in [-0.39, 0.29) is 16.9 Å². The minimum Gasteiger partial charge on any atom is -0.385 e. The van der Waals surface area contributed by atoms with Gasteiger partial charge in [0.1, 0.15) is 6.79 Å². The first-order valence-electron chi connectivity index (χ1n) is 7.85. The van der Waals surface area contributed by atoms with Crippen LogP contribution >= 0.6 is 0 Å². The minimum atomic E-state index is -0.819. The van der Waals surface area contributed by atoms with Crippen LogP contribution in [0.2, 0.25) is 0 Å². The van der Waals surface area contributed by atoms with E-state index in [2.05, 4.69) is 33.4 Å². The lowest BCUT2D eigenvalue weighted by Crippen LogP contribution is -2.53.